The highest BCUT2D eigenvalue weighted by atomic mass is 35.5. The van der Waals surface area contributed by atoms with Crippen LogP contribution in [0.25, 0.3) is 0 Å². The quantitative estimate of drug-likeness (QED) is 0.661. The fourth-order valence-electron chi connectivity index (χ4n) is 1.85. The van der Waals surface area contributed by atoms with Crippen LogP contribution in [-0.4, -0.2) is 10.0 Å². The molecule has 0 aliphatic heterocycles. The molecule has 2 aromatic carbocycles. The van der Waals surface area contributed by atoms with Gasteiger partial charge in [0.05, 0.1) is 4.92 Å². The lowest BCUT2D eigenvalue weighted by molar-refractivity contribution is -0.384. The molecule has 21 heavy (non-hydrogen) atoms. The largest absolute Gasteiger partial charge is 0.505 e. The molecule has 0 bridgehead atoms. The second kappa shape index (κ2) is 5.97. The molecule has 0 fully saturated rings. The van der Waals surface area contributed by atoms with Crippen LogP contribution in [0.3, 0.4) is 0 Å². The topological polar surface area (TPSA) is 75.4 Å². The van der Waals surface area contributed by atoms with Crippen molar-refractivity contribution in [2.45, 2.75) is 13.5 Å². The van der Waals surface area contributed by atoms with Crippen molar-refractivity contribution in [2.24, 2.45) is 0 Å². The molecule has 7 heteroatoms. The van der Waals surface area contributed by atoms with Crippen molar-refractivity contribution in [3.05, 3.63) is 62.4 Å². The number of benzene rings is 2. The van der Waals surface area contributed by atoms with Gasteiger partial charge < -0.3 is 10.4 Å². The molecule has 0 aliphatic carbocycles. The van der Waals surface area contributed by atoms with Gasteiger partial charge in [0.2, 0.25) is 0 Å². The number of nitro benzene ring substituents is 1. The fraction of sp³-hybridized carbons (Fsp3) is 0.143. The number of hydrogen-bond donors (Lipinski definition) is 2. The third kappa shape index (κ3) is 3.41. The standard InChI is InChI=1S/C14H12ClFN2O3/c1-8-4-13(18(20)21)10(15)6-12(8)17-7-9-2-3-14(19)11(16)5-9/h2-6,17,19H,7H2,1H3. The molecule has 0 aromatic heterocycles. The van der Waals surface area contributed by atoms with E-state index in [-0.39, 0.29) is 10.7 Å². The van der Waals surface area contributed by atoms with Gasteiger partial charge in [0.25, 0.3) is 5.69 Å². The van der Waals surface area contributed by atoms with Crippen LogP contribution in [0.4, 0.5) is 15.8 Å². The molecule has 0 aliphatic rings. The monoisotopic (exact) mass is 310 g/mol. The van der Waals surface area contributed by atoms with E-state index in [4.69, 9.17) is 16.7 Å². The van der Waals surface area contributed by atoms with Crippen molar-refractivity contribution in [1.29, 1.82) is 0 Å². The smallest absolute Gasteiger partial charge is 0.288 e. The normalized spacial score (nSPS) is 10.4. The third-order valence-electron chi connectivity index (χ3n) is 2.99. The average molecular weight is 311 g/mol. The van der Waals surface area contributed by atoms with E-state index in [1.165, 1.54) is 24.3 Å². The Morgan fingerprint density at radius 2 is 2.10 bits per heavy atom. The van der Waals surface area contributed by atoms with Crippen molar-refractivity contribution < 1.29 is 14.4 Å². The number of nitrogens with one attached hydrogen (secondary N) is 1. The Morgan fingerprint density at radius 3 is 2.71 bits per heavy atom. The van der Waals surface area contributed by atoms with Gasteiger partial charge in [-0.15, -0.1) is 0 Å². The summed E-state index contributed by atoms with van der Waals surface area (Å²) < 4.78 is 13.2. The maximum atomic E-state index is 13.2. The van der Waals surface area contributed by atoms with E-state index in [1.54, 1.807) is 13.0 Å². The maximum absolute atomic E-state index is 13.2. The molecular weight excluding hydrogens is 299 g/mol. The van der Waals surface area contributed by atoms with E-state index in [0.717, 1.165) is 0 Å². The number of aryl methyl sites for hydroxylation is 1. The van der Waals surface area contributed by atoms with Crippen LogP contribution in [0.1, 0.15) is 11.1 Å². The van der Waals surface area contributed by atoms with Crippen LogP contribution in [0.2, 0.25) is 5.02 Å². The van der Waals surface area contributed by atoms with Gasteiger partial charge in [-0.1, -0.05) is 17.7 Å². The first-order valence-corrected chi connectivity index (χ1v) is 6.42. The zero-order valence-corrected chi connectivity index (χ0v) is 11.8. The number of hydrogen-bond acceptors (Lipinski definition) is 4. The van der Waals surface area contributed by atoms with E-state index >= 15 is 0 Å². The summed E-state index contributed by atoms with van der Waals surface area (Å²) >= 11 is 5.85. The van der Waals surface area contributed by atoms with Gasteiger partial charge in [-0.3, -0.25) is 10.1 Å². The predicted octanol–water partition coefficient (Wildman–Crippen LogP) is 4.01. The van der Waals surface area contributed by atoms with Crippen molar-refractivity contribution in [3.8, 4) is 5.75 Å². The number of phenolic OH excluding ortho intramolecular Hbond substituents is 1. The lowest BCUT2D eigenvalue weighted by Crippen LogP contribution is -2.02. The first-order chi connectivity index (χ1) is 9.88. The van der Waals surface area contributed by atoms with Gasteiger partial charge in [-0.2, -0.15) is 0 Å². The fourth-order valence-corrected chi connectivity index (χ4v) is 2.09. The van der Waals surface area contributed by atoms with E-state index in [1.807, 2.05) is 0 Å². The number of rotatable bonds is 4. The molecule has 2 aromatic rings. The van der Waals surface area contributed by atoms with E-state index in [0.29, 0.717) is 23.4 Å². The number of nitrogens with zero attached hydrogens (tertiary/aromatic N) is 1. The Morgan fingerprint density at radius 1 is 1.38 bits per heavy atom. The number of aromatic hydroxyl groups is 1. The lowest BCUT2D eigenvalue weighted by atomic mass is 10.1. The Kier molecular flexibility index (Phi) is 4.28. The van der Waals surface area contributed by atoms with Gasteiger partial charge in [-0.25, -0.2) is 4.39 Å². The van der Waals surface area contributed by atoms with Crippen LogP contribution in [0.15, 0.2) is 30.3 Å². The molecular formula is C14H12ClFN2O3. The highest BCUT2D eigenvalue weighted by molar-refractivity contribution is 6.33. The summed E-state index contributed by atoms with van der Waals surface area (Å²) in [4.78, 5) is 10.2. The summed E-state index contributed by atoms with van der Waals surface area (Å²) in [7, 11) is 0. The first-order valence-electron chi connectivity index (χ1n) is 6.04. The summed E-state index contributed by atoms with van der Waals surface area (Å²) in [5, 5.41) is 22.9. The molecule has 0 saturated heterocycles. The molecule has 110 valence electrons. The lowest BCUT2D eigenvalue weighted by Gasteiger charge is -2.10. The van der Waals surface area contributed by atoms with Crippen molar-refractivity contribution in [2.75, 3.05) is 5.32 Å². The number of halogens is 2. The minimum Gasteiger partial charge on any atom is -0.505 e. The second-order valence-corrected chi connectivity index (χ2v) is 4.92. The number of phenols is 1. The van der Waals surface area contributed by atoms with Gasteiger partial charge >= 0.3 is 0 Å². The molecule has 0 atom stereocenters. The maximum Gasteiger partial charge on any atom is 0.288 e. The molecule has 2 rings (SSSR count). The Labute approximate surface area is 125 Å². The van der Waals surface area contributed by atoms with Crippen LogP contribution in [-0.2, 0) is 6.54 Å². The van der Waals surface area contributed by atoms with Crippen LogP contribution in [0.5, 0.6) is 5.75 Å². The first kappa shape index (κ1) is 15.1. The SMILES string of the molecule is Cc1cc([N+](=O)[O-])c(Cl)cc1NCc1ccc(O)c(F)c1. The summed E-state index contributed by atoms with van der Waals surface area (Å²) in [6.07, 6.45) is 0. The Bertz CT molecular complexity index is 707. The van der Waals surface area contributed by atoms with Gasteiger partial charge in [0.15, 0.2) is 11.6 Å². The van der Waals surface area contributed by atoms with Crippen LogP contribution < -0.4 is 5.32 Å². The molecule has 2 N–H and O–H groups in total. The zero-order valence-electron chi connectivity index (χ0n) is 11.1. The van der Waals surface area contributed by atoms with Crippen molar-refractivity contribution in [1.82, 2.24) is 0 Å². The number of anilines is 1. The Hall–Kier alpha value is -2.34. The van der Waals surface area contributed by atoms with E-state index in [2.05, 4.69) is 5.32 Å². The predicted molar refractivity (Wildman–Crippen MR) is 78.2 cm³/mol. The molecule has 0 unspecified atom stereocenters. The van der Waals surface area contributed by atoms with Crippen molar-refractivity contribution >= 4 is 23.0 Å². The molecule has 0 radical (unpaired) electrons. The summed E-state index contributed by atoms with van der Waals surface area (Å²) in [5.74, 6) is -1.11. The van der Waals surface area contributed by atoms with Gasteiger partial charge in [0.1, 0.15) is 5.02 Å². The third-order valence-corrected chi connectivity index (χ3v) is 3.29. The summed E-state index contributed by atoms with van der Waals surface area (Å²) in [6, 6.07) is 6.90. The molecule has 5 nitrogen and oxygen atoms in total. The minimum atomic E-state index is -0.701. The Balaban J connectivity index is 2.18. The second-order valence-electron chi connectivity index (χ2n) is 4.51. The summed E-state index contributed by atoms with van der Waals surface area (Å²) in [5.41, 5.74) is 1.75. The highest BCUT2D eigenvalue weighted by Crippen LogP contribution is 2.30. The van der Waals surface area contributed by atoms with Crippen LogP contribution in [0, 0.1) is 22.9 Å². The van der Waals surface area contributed by atoms with E-state index < -0.39 is 16.5 Å². The van der Waals surface area contributed by atoms with Crippen molar-refractivity contribution in [3.63, 3.8) is 0 Å². The van der Waals surface area contributed by atoms with Crippen LogP contribution >= 0.6 is 11.6 Å². The highest BCUT2D eigenvalue weighted by Gasteiger charge is 2.14. The number of nitro groups is 1. The minimum absolute atomic E-state index is 0.0324. The molecule has 0 spiro atoms. The average Bonchev–Trinajstić information content (AvgIpc) is 2.42. The molecule has 0 amide bonds. The molecule has 0 heterocycles. The van der Waals surface area contributed by atoms with E-state index in [9.17, 15) is 14.5 Å². The van der Waals surface area contributed by atoms with Gasteiger partial charge in [-0.05, 0) is 36.2 Å². The summed E-state index contributed by atoms with van der Waals surface area (Å²) in [6.45, 7) is 2.01. The zero-order chi connectivity index (χ0) is 15.6. The van der Waals surface area contributed by atoms with Gasteiger partial charge in [0, 0.05) is 18.3 Å². The molecule has 0 saturated carbocycles.